The number of carbonyl (C=O) groups is 1. The summed E-state index contributed by atoms with van der Waals surface area (Å²) >= 11 is 0. The van der Waals surface area contributed by atoms with E-state index in [1.165, 1.54) is 6.33 Å². The minimum Gasteiger partial charge on any atom is -0.398 e. The molecule has 0 atom stereocenters. The smallest absolute Gasteiger partial charge is 0.250 e. The van der Waals surface area contributed by atoms with E-state index in [0.717, 1.165) is 0 Å². The summed E-state index contributed by atoms with van der Waals surface area (Å²) < 4.78 is 0. The largest absolute Gasteiger partial charge is 0.398 e. The van der Waals surface area contributed by atoms with Crippen LogP contribution < -0.4 is 11.5 Å². The molecule has 2 aromatic rings. The molecule has 0 aliphatic rings. The van der Waals surface area contributed by atoms with Gasteiger partial charge in [0.2, 0.25) is 0 Å². The van der Waals surface area contributed by atoms with Crippen molar-refractivity contribution in [3.8, 4) is 0 Å². The van der Waals surface area contributed by atoms with E-state index in [-0.39, 0.29) is 0 Å². The van der Waals surface area contributed by atoms with Crippen molar-refractivity contribution in [2.45, 2.75) is 0 Å². The van der Waals surface area contributed by atoms with Gasteiger partial charge >= 0.3 is 0 Å². The van der Waals surface area contributed by atoms with Crippen molar-refractivity contribution >= 4 is 11.6 Å². The van der Waals surface area contributed by atoms with Gasteiger partial charge in [0.15, 0.2) is 0 Å². The normalized spacial score (nSPS) is 8.75. The molecule has 82 valence electrons. The van der Waals surface area contributed by atoms with Crippen LogP contribution in [-0.2, 0) is 0 Å². The molecule has 4 N–H and O–H groups in total. The summed E-state index contributed by atoms with van der Waals surface area (Å²) in [4.78, 5) is 17.9. The van der Waals surface area contributed by atoms with Crippen LogP contribution in [0.4, 0.5) is 5.69 Å². The van der Waals surface area contributed by atoms with E-state index in [9.17, 15) is 4.79 Å². The summed E-state index contributed by atoms with van der Waals surface area (Å²) in [6.07, 6.45) is 4.88. The van der Waals surface area contributed by atoms with Crippen molar-refractivity contribution in [1.82, 2.24) is 9.97 Å². The van der Waals surface area contributed by atoms with Gasteiger partial charge in [0, 0.05) is 18.1 Å². The second-order valence-corrected chi connectivity index (χ2v) is 2.86. The zero-order valence-corrected chi connectivity index (χ0v) is 8.58. The zero-order valence-electron chi connectivity index (χ0n) is 8.58. The molecule has 0 radical (unpaired) electrons. The minimum atomic E-state index is -0.488. The van der Waals surface area contributed by atoms with E-state index in [0.29, 0.717) is 11.3 Å². The average Bonchev–Trinajstić information content (AvgIpc) is 2.32. The Morgan fingerprint density at radius 2 is 1.69 bits per heavy atom. The van der Waals surface area contributed by atoms with E-state index in [4.69, 9.17) is 11.5 Å². The summed E-state index contributed by atoms with van der Waals surface area (Å²) in [6.45, 7) is 0. The Hall–Kier alpha value is -2.43. The molecule has 0 saturated carbocycles. The van der Waals surface area contributed by atoms with Crippen molar-refractivity contribution < 1.29 is 4.79 Å². The highest BCUT2D eigenvalue weighted by atomic mass is 16.1. The lowest BCUT2D eigenvalue weighted by molar-refractivity contribution is 0.100. The van der Waals surface area contributed by atoms with E-state index in [1.54, 1.807) is 42.7 Å². The van der Waals surface area contributed by atoms with Crippen LogP contribution in [0, 0.1) is 0 Å². The molecule has 1 amide bonds. The van der Waals surface area contributed by atoms with Crippen molar-refractivity contribution in [1.29, 1.82) is 0 Å². The van der Waals surface area contributed by atoms with Crippen LogP contribution in [-0.4, -0.2) is 15.9 Å². The average molecular weight is 216 g/mol. The van der Waals surface area contributed by atoms with Crippen LogP contribution >= 0.6 is 0 Å². The molecule has 0 fully saturated rings. The molecule has 5 nitrogen and oxygen atoms in total. The van der Waals surface area contributed by atoms with Gasteiger partial charge in [-0.05, 0) is 18.2 Å². The monoisotopic (exact) mass is 216 g/mol. The molecule has 16 heavy (non-hydrogen) atoms. The standard InChI is InChI=1S/C7H8N2O.C4H4N2/c8-6-4-2-1-3-5(6)7(9)10;1-2-5-4-6-3-1/h1-4H,8H2,(H2,9,10);1-4H. The SMILES string of the molecule is NC(=O)c1ccccc1N.c1cncnc1. The third kappa shape index (κ3) is 3.75. The van der Waals surface area contributed by atoms with Gasteiger partial charge in [0.1, 0.15) is 6.33 Å². The van der Waals surface area contributed by atoms with Crippen LogP contribution in [0.25, 0.3) is 0 Å². The van der Waals surface area contributed by atoms with Crippen LogP contribution in [0.5, 0.6) is 0 Å². The second kappa shape index (κ2) is 6.13. The van der Waals surface area contributed by atoms with Gasteiger partial charge in [-0.2, -0.15) is 0 Å². The summed E-state index contributed by atoms with van der Waals surface area (Å²) in [5, 5.41) is 0. The van der Waals surface area contributed by atoms with Gasteiger partial charge in [0.25, 0.3) is 5.91 Å². The molecule has 1 heterocycles. The Labute approximate surface area is 93.1 Å². The number of nitrogens with zero attached hydrogens (tertiary/aromatic N) is 2. The predicted molar refractivity (Wildman–Crippen MR) is 61.4 cm³/mol. The van der Waals surface area contributed by atoms with Crippen molar-refractivity contribution in [2.75, 3.05) is 5.73 Å². The number of nitrogens with two attached hydrogens (primary N) is 2. The number of benzene rings is 1. The number of anilines is 1. The minimum absolute atomic E-state index is 0.377. The van der Waals surface area contributed by atoms with Crippen LogP contribution in [0.2, 0.25) is 0 Å². The quantitative estimate of drug-likeness (QED) is 0.690. The van der Waals surface area contributed by atoms with Crippen LogP contribution in [0.15, 0.2) is 49.1 Å². The van der Waals surface area contributed by atoms with E-state index >= 15 is 0 Å². The molecule has 1 aromatic carbocycles. The first kappa shape index (κ1) is 11.6. The Morgan fingerprint density at radius 3 is 2.00 bits per heavy atom. The maximum absolute atomic E-state index is 10.6. The number of rotatable bonds is 1. The van der Waals surface area contributed by atoms with Gasteiger partial charge in [-0.15, -0.1) is 0 Å². The number of primary amides is 1. The summed E-state index contributed by atoms with van der Waals surface area (Å²) in [7, 11) is 0. The Morgan fingerprint density at radius 1 is 1.06 bits per heavy atom. The topological polar surface area (TPSA) is 94.9 Å². The summed E-state index contributed by atoms with van der Waals surface area (Å²) in [5.74, 6) is -0.488. The highest BCUT2D eigenvalue weighted by molar-refractivity contribution is 5.97. The maximum Gasteiger partial charge on any atom is 0.250 e. The second-order valence-electron chi connectivity index (χ2n) is 2.86. The number of para-hydroxylation sites is 1. The van der Waals surface area contributed by atoms with Crippen molar-refractivity contribution in [3.63, 3.8) is 0 Å². The van der Waals surface area contributed by atoms with E-state index in [2.05, 4.69) is 9.97 Å². The first-order valence-electron chi connectivity index (χ1n) is 4.56. The summed E-state index contributed by atoms with van der Waals surface area (Å²) in [5.41, 5.74) is 11.2. The molecular weight excluding hydrogens is 204 g/mol. The highest BCUT2D eigenvalue weighted by Crippen LogP contribution is 2.08. The Bertz CT molecular complexity index is 418. The molecule has 0 bridgehead atoms. The fourth-order valence-electron chi connectivity index (χ4n) is 0.975. The molecule has 2 rings (SSSR count). The van der Waals surface area contributed by atoms with Gasteiger partial charge in [-0.25, -0.2) is 9.97 Å². The Balaban J connectivity index is 0.000000181. The van der Waals surface area contributed by atoms with E-state index < -0.39 is 5.91 Å². The number of carbonyl (C=O) groups excluding carboxylic acids is 1. The van der Waals surface area contributed by atoms with Crippen LogP contribution in [0.1, 0.15) is 10.4 Å². The third-order valence-electron chi connectivity index (χ3n) is 1.70. The molecular formula is C11H12N4O. The molecule has 1 aromatic heterocycles. The Kier molecular flexibility index (Phi) is 4.46. The molecule has 0 saturated heterocycles. The number of hydrogen-bond acceptors (Lipinski definition) is 4. The van der Waals surface area contributed by atoms with Gasteiger partial charge < -0.3 is 11.5 Å². The molecule has 0 unspecified atom stereocenters. The first-order valence-corrected chi connectivity index (χ1v) is 4.56. The number of amides is 1. The highest BCUT2D eigenvalue weighted by Gasteiger charge is 2.01. The van der Waals surface area contributed by atoms with Gasteiger partial charge in [0.05, 0.1) is 5.56 Å². The van der Waals surface area contributed by atoms with Crippen molar-refractivity contribution in [2.24, 2.45) is 5.73 Å². The number of nitrogen functional groups attached to an aromatic ring is 1. The van der Waals surface area contributed by atoms with Gasteiger partial charge in [-0.3, -0.25) is 4.79 Å². The molecule has 0 spiro atoms. The number of aromatic nitrogens is 2. The first-order chi connectivity index (χ1) is 7.72. The fraction of sp³-hybridized carbons (Fsp3) is 0. The molecule has 5 heteroatoms. The van der Waals surface area contributed by atoms with Crippen LogP contribution in [0.3, 0.4) is 0 Å². The lowest BCUT2D eigenvalue weighted by Gasteiger charge is -1.97. The zero-order chi connectivity index (χ0) is 11.8. The predicted octanol–water partition coefficient (Wildman–Crippen LogP) is 0.844. The fourth-order valence-corrected chi connectivity index (χ4v) is 0.975. The maximum atomic E-state index is 10.6. The molecule has 0 aliphatic heterocycles. The number of hydrogen-bond donors (Lipinski definition) is 2. The van der Waals surface area contributed by atoms with Gasteiger partial charge in [-0.1, -0.05) is 12.1 Å². The van der Waals surface area contributed by atoms with Crippen molar-refractivity contribution in [3.05, 3.63) is 54.6 Å². The third-order valence-corrected chi connectivity index (χ3v) is 1.70. The lowest BCUT2D eigenvalue weighted by atomic mass is 10.2. The summed E-state index contributed by atoms with van der Waals surface area (Å²) in [6, 6.07) is 8.48. The lowest BCUT2D eigenvalue weighted by Crippen LogP contribution is -2.12. The van der Waals surface area contributed by atoms with E-state index in [1.807, 2.05) is 0 Å². The molecule has 0 aliphatic carbocycles.